The van der Waals surface area contributed by atoms with E-state index in [1.54, 1.807) is 11.9 Å². The molecule has 0 aromatic heterocycles. The molecule has 7 heteroatoms. The van der Waals surface area contributed by atoms with Crippen LogP contribution < -0.4 is 5.32 Å². The molecule has 2 amide bonds. The third-order valence-electron chi connectivity index (χ3n) is 7.25. The predicted molar refractivity (Wildman–Crippen MR) is 133 cm³/mol. The maximum absolute atomic E-state index is 12.6. The summed E-state index contributed by atoms with van der Waals surface area (Å²) in [6.45, 7) is 0.594. The zero-order valence-corrected chi connectivity index (χ0v) is 20.2. The average Bonchev–Trinajstić information content (AvgIpc) is 3.20. The van der Waals surface area contributed by atoms with Crippen LogP contribution in [-0.4, -0.2) is 54.2 Å². The van der Waals surface area contributed by atoms with E-state index in [1.807, 2.05) is 36.4 Å². The Bertz CT molecular complexity index is 1020. The first kappa shape index (κ1) is 24.8. The number of carboxylic acid groups (broad SMARTS) is 1. The second-order valence-corrected chi connectivity index (χ2v) is 9.60. The third-order valence-corrected chi connectivity index (χ3v) is 7.25. The molecule has 0 radical (unpaired) electrons. The van der Waals surface area contributed by atoms with Crippen LogP contribution in [0.3, 0.4) is 0 Å². The first-order chi connectivity index (χ1) is 17.0. The molecule has 0 spiro atoms. The maximum Gasteiger partial charge on any atom is 0.407 e. The van der Waals surface area contributed by atoms with Crippen molar-refractivity contribution < 1.29 is 24.2 Å². The summed E-state index contributed by atoms with van der Waals surface area (Å²) in [5, 5.41) is 12.1. The SMILES string of the molecule is CN(CCC[C@H](NC(=O)OCC1c2ccccc2-c2ccccc21)C(=O)O)C(=O)C1CCCCC1. The summed E-state index contributed by atoms with van der Waals surface area (Å²) in [5.74, 6) is -0.973. The van der Waals surface area contributed by atoms with Crippen LogP contribution in [0.25, 0.3) is 11.1 Å². The molecule has 0 aliphatic heterocycles. The Balaban J connectivity index is 1.27. The van der Waals surface area contributed by atoms with Crippen molar-refractivity contribution in [2.45, 2.75) is 56.9 Å². The molecule has 2 aliphatic rings. The van der Waals surface area contributed by atoms with E-state index < -0.39 is 18.1 Å². The summed E-state index contributed by atoms with van der Waals surface area (Å²) in [6.07, 6.45) is 5.21. The second-order valence-electron chi connectivity index (χ2n) is 9.60. The lowest BCUT2D eigenvalue weighted by molar-refractivity contribution is -0.139. The molecule has 1 fully saturated rings. The number of hydrogen-bond acceptors (Lipinski definition) is 4. The highest BCUT2D eigenvalue weighted by atomic mass is 16.5. The minimum atomic E-state index is -1.11. The number of ether oxygens (including phenoxy) is 1. The smallest absolute Gasteiger partial charge is 0.407 e. The first-order valence-electron chi connectivity index (χ1n) is 12.5. The van der Waals surface area contributed by atoms with Crippen LogP contribution in [0.15, 0.2) is 48.5 Å². The van der Waals surface area contributed by atoms with Gasteiger partial charge >= 0.3 is 12.1 Å². The van der Waals surface area contributed by atoms with E-state index in [4.69, 9.17) is 4.74 Å². The standard InChI is InChI=1S/C28H34N2O5/c1-30(26(31)19-10-3-2-4-11-19)17-9-16-25(27(32)33)29-28(34)35-18-24-22-14-7-5-12-20(22)21-13-6-8-15-23(21)24/h5-8,12-15,19,24-25H,2-4,9-11,16-18H2,1H3,(H,29,34)(H,32,33)/t25-/m0/s1. The van der Waals surface area contributed by atoms with Crippen molar-refractivity contribution in [3.8, 4) is 11.1 Å². The minimum Gasteiger partial charge on any atom is -0.480 e. The molecule has 186 valence electrons. The Morgan fingerprint density at radius 2 is 1.60 bits per heavy atom. The number of carboxylic acids is 1. The molecular formula is C28H34N2O5. The lowest BCUT2D eigenvalue weighted by Gasteiger charge is -2.26. The minimum absolute atomic E-state index is 0.0861. The molecule has 1 saturated carbocycles. The molecule has 0 bridgehead atoms. The molecule has 0 unspecified atom stereocenters. The van der Waals surface area contributed by atoms with E-state index in [0.29, 0.717) is 13.0 Å². The quantitative estimate of drug-likeness (QED) is 0.540. The fraction of sp³-hybridized carbons (Fsp3) is 0.464. The Labute approximate surface area is 206 Å². The Hall–Kier alpha value is -3.35. The van der Waals surface area contributed by atoms with Crippen molar-refractivity contribution in [3.63, 3.8) is 0 Å². The van der Waals surface area contributed by atoms with E-state index in [2.05, 4.69) is 17.4 Å². The summed E-state index contributed by atoms with van der Waals surface area (Å²) in [5.41, 5.74) is 4.46. The Morgan fingerprint density at radius 3 is 2.20 bits per heavy atom. The maximum atomic E-state index is 12.6. The highest BCUT2D eigenvalue weighted by molar-refractivity contribution is 5.81. The molecule has 1 atom stereocenters. The monoisotopic (exact) mass is 478 g/mol. The highest BCUT2D eigenvalue weighted by Gasteiger charge is 2.30. The number of amides is 2. The summed E-state index contributed by atoms with van der Waals surface area (Å²) in [4.78, 5) is 38.5. The summed E-state index contributed by atoms with van der Waals surface area (Å²) in [7, 11) is 1.77. The van der Waals surface area contributed by atoms with Gasteiger partial charge in [-0.25, -0.2) is 9.59 Å². The van der Waals surface area contributed by atoms with Crippen LogP contribution in [0.4, 0.5) is 4.79 Å². The normalized spacial score (nSPS) is 16.1. The number of alkyl carbamates (subject to hydrolysis) is 1. The van der Waals surface area contributed by atoms with Gasteiger partial charge in [-0.2, -0.15) is 0 Å². The predicted octanol–water partition coefficient (Wildman–Crippen LogP) is 4.80. The van der Waals surface area contributed by atoms with Crippen LogP contribution in [0, 0.1) is 5.92 Å². The summed E-state index contributed by atoms with van der Waals surface area (Å²) in [6, 6.07) is 15.0. The number of nitrogens with one attached hydrogen (secondary N) is 1. The van der Waals surface area contributed by atoms with Gasteiger partial charge in [-0.1, -0.05) is 67.8 Å². The molecule has 0 heterocycles. The van der Waals surface area contributed by atoms with Crippen LogP contribution in [-0.2, 0) is 14.3 Å². The van der Waals surface area contributed by atoms with Crippen molar-refractivity contribution in [1.29, 1.82) is 0 Å². The molecular weight excluding hydrogens is 444 g/mol. The number of carbonyl (C=O) groups is 3. The fourth-order valence-electron chi connectivity index (χ4n) is 5.34. The van der Waals surface area contributed by atoms with E-state index in [9.17, 15) is 19.5 Å². The van der Waals surface area contributed by atoms with Crippen LogP contribution in [0.1, 0.15) is 62.0 Å². The van der Waals surface area contributed by atoms with Gasteiger partial charge in [0.25, 0.3) is 0 Å². The Morgan fingerprint density at radius 1 is 1.00 bits per heavy atom. The van der Waals surface area contributed by atoms with Gasteiger partial charge in [-0.3, -0.25) is 4.79 Å². The molecule has 7 nitrogen and oxygen atoms in total. The zero-order chi connectivity index (χ0) is 24.8. The zero-order valence-electron chi connectivity index (χ0n) is 20.2. The van der Waals surface area contributed by atoms with Crippen LogP contribution >= 0.6 is 0 Å². The van der Waals surface area contributed by atoms with Crippen molar-refractivity contribution in [2.24, 2.45) is 5.92 Å². The van der Waals surface area contributed by atoms with Crippen molar-refractivity contribution in [3.05, 3.63) is 59.7 Å². The van der Waals surface area contributed by atoms with Gasteiger partial charge in [0, 0.05) is 25.4 Å². The van der Waals surface area contributed by atoms with E-state index in [0.717, 1.165) is 47.9 Å². The Kier molecular flexibility index (Phi) is 8.06. The summed E-state index contributed by atoms with van der Waals surface area (Å²) < 4.78 is 5.49. The number of nitrogens with zero attached hydrogens (tertiary/aromatic N) is 1. The molecule has 4 rings (SSSR count). The van der Waals surface area contributed by atoms with Gasteiger partial charge in [0.15, 0.2) is 0 Å². The first-order valence-corrected chi connectivity index (χ1v) is 12.5. The average molecular weight is 479 g/mol. The molecule has 35 heavy (non-hydrogen) atoms. The number of rotatable bonds is 9. The van der Waals surface area contributed by atoms with Gasteiger partial charge in [-0.15, -0.1) is 0 Å². The van der Waals surface area contributed by atoms with E-state index >= 15 is 0 Å². The number of aliphatic carboxylic acids is 1. The van der Waals surface area contributed by atoms with Gasteiger partial charge in [-0.05, 0) is 47.9 Å². The molecule has 2 aromatic carbocycles. The molecule has 0 saturated heterocycles. The molecule has 2 N–H and O–H groups in total. The lowest BCUT2D eigenvalue weighted by Crippen LogP contribution is -2.42. The van der Waals surface area contributed by atoms with Gasteiger partial charge in [0.05, 0.1) is 0 Å². The van der Waals surface area contributed by atoms with Gasteiger partial charge in [0.2, 0.25) is 5.91 Å². The topological polar surface area (TPSA) is 95.9 Å². The molecule has 2 aliphatic carbocycles. The largest absolute Gasteiger partial charge is 0.480 e. The number of benzene rings is 2. The highest BCUT2D eigenvalue weighted by Crippen LogP contribution is 2.44. The van der Waals surface area contributed by atoms with Crippen molar-refractivity contribution >= 4 is 18.0 Å². The fourth-order valence-corrected chi connectivity index (χ4v) is 5.34. The van der Waals surface area contributed by atoms with E-state index in [1.165, 1.54) is 6.42 Å². The number of hydrogen-bond donors (Lipinski definition) is 2. The van der Waals surface area contributed by atoms with Gasteiger partial charge in [0.1, 0.15) is 12.6 Å². The van der Waals surface area contributed by atoms with Crippen LogP contribution in [0.2, 0.25) is 0 Å². The van der Waals surface area contributed by atoms with Gasteiger partial charge < -0.3 is 20.1 Å². The van der Waals surface area contributed by atoms with Crippen molar-refractivity contribution in [1.82, 2.24) is 10.2 Å². The number of carbonyl (C=O) groups excluding carboxylic acids is 2. The number of fused-ring (bicyclic) bond motifs is 3. The van der Waals surface area contributed by atoms with Crippen LogP contribution in [0.5, 0.6) is 0 Å². The third kappa shape index (κ3) is 5.84. The lowest BCUT2D eigenvalue weighted by atomic mass is 9.88. The second kappa shape index (κ2) is 11.4. The summed E-state index contributed by atoms with van der Waals surface area (Å²) >= 11 is 0. The van der Waals surface area contributed by atoms with Crippen molar-refractivity contribution in [2.75, 3.05) is 20.2 Å². The molecule has 2 aromatic rings. The van der Waals surface area contributed by atoms with E-state index in [-0.39, 0.29) is 30.8 Å².